The Bertz CT molecular complexity index is 622. The summed E-state index contributed by atoms with van der Waals surface area (Å²) in [4.78, 5) is 12.6. The molecule has 0 bridgehead atoms. The molecule has 3 rings (SSSR count). The second kappa shape index (κ2) is 5.47. The number of carbonyl (C=O) groups is 1. The lowest BCUT2D eigenvalue weighted by Crippen LogP contribution is -2.23. The predicted octanol–water partition coefficient (Wildman–Crippen LogP) is 2.89. The number of para-hydroxylation sites is 1. The van der Waals surface area contributed by atoms with Crippen LogP contribution in [0, 0.1) is 0 Å². The Labute approximate surface area is 118 Å². The van der Waals surface area contributed by atoms with E-state index in [2.05, 4.69) is 0 Å². The van der Waals surface area contributed by atoms with Gasteiger partial charge in [-0.15, -0.1) is 0 Å². The molecule has 0 aliphatic carbocycles. The molecule has 1 heterocycles. The van der Waals surface area contributed by atoms with Crippen LogP contribution >= 0.6 is 0 Å². The van der Waals surface area contributed by atoms with Gasteiger partial charge < -0.3 is 10.5 Å². The van der Waals surface area contributed by atoms with Gasteiger partial charge in [0, 0.05) is 0 Å². The SMILES string of the molecule is NC(C(=O)c1cccc2c1OCCC2)c1ccccc1. The van der Waals surface area contributed by atoms with Gasteiger partial charge in [-0.3, -0.25) is 4.79 Å². The third-order valence-electron chi connectivity index (χ3n) is 3.64. The van der Waals surface area contributed by atoms with Gasteiger partial charge in [-0.2, -0.15) is 0 Å². The highest BCUT2D eigenvalue weighted by Gasteiger charge is 2.24. The van der Waals surface area contributed by atoms with Gasteiger partial charge in [0.2, 0.25) is 0 Å². The molecule has 0 spiro atoms. The summed E-state index contributed by atoms with van der Waals surface area (Å²) in [5, 5.41) is 0. The smallest absolute Gasteiger partial charge is 0.187 e. The molecule has 1 aliphatic heterocycles. The Kier molecular flexibility index (Phi) is 3.52. The number of aryl methyl sites for hydroxylation is 1. The van der Waals surface area contributed by atoms with Gasteiger partial charge in [0.25, 0.3) is 0 Å². The minimum atomic E-state index is -0.645. The molecule has 0 fully saturated rings. The van der Waals surface area contributed by atoms with Gasteiger partial charge in [0.15, 0.2) is 5.78 Å². The van der Waals surface area contributed by atoms with Crippen LogP contribution in [0.15, 0.2) is 48.5 Å². The van der Waals surface area contributed by atoms with E-state index >= 15 is 0 Å². The highest BCUT2D eigenvalue weighted by molar-refractivity contribution is 6.03. The zero-order valence-corrected chi connectivity index (χ0v) is 11.2. The van der Waals surface area contributed by atoms with Crippen LogP contribution in [0.2, 0.25) is 0 Å². The Morgan fingerprint density at radius 2 is 1.90 bits per heavy atom. The van der Waals surface area contributed by atoms with Crippen molar-refractivity contribution in [3.63, 3.8) is 0 Å². The van der Waals surface area contributed by atoms with E-state index < -0.39 is 6.04 Å². The quantitative estimate of drug-likeness (QED) is 0.870. The fourth-order valence-corrected chi connectivity index (χ4v) is 2.56. The first-order chi connectivity index (χ1) is 9.77. The molecule has 1 atom stereocenters. The molecule has 2 aromatic rings. The van der Waals surface area contributed by atoms with Crippen LogP contribution in [-0.4, -0.2) is 12.4 Å². The Morgan fingerprint density at radius 1 is 1.10 bits per heavy atom. The fourth-order valence-electron chi connectivity index (χ4n) is 2.56. The third-order valence-corrected chi connectivity index (χ3v) is 3.64. The summed E-state index contributed by atoms with van der Waals surface area (Å²) < 4.78 is 5.69. The van der Waals surface area contributed by atoms with E-state index in [1.54, 1.807) is 6.07 Å². The number of benzene rings is 2. The lowest BCUT2D eigenvalue weighted by atomic mass is 9.94. The molecule has 3 heteroatoms. The van der Waals surface area contributed by atoms with Gasteiger partial charge in [0.1, 0.15) is 5.75 Å². The first-order valence-corrected chi connectivity index (χ1v) is 6.87. The number of hydrogen-bond donors (Lipinski definition) is 1. The van der Waals surface area contributed by atoms with E-state index in [0.717, 1.165) is 29.7 Å². The molecular formula is C17H17NO2. The zero-order valence-electron chi connectivity index (χ0n) is 11.2. The topological polar surface area (TPSA) is 52.3 Å². The van der Waals surface area contributed by atoms with Gasteiger partial charge in [0.05, 0.1) is 18.2 Å². The van der Waals surface area contributed by atoms with Crippen molar-refractivity contribution in [3.8, 4) is 5.75 Å². The summed E-state index contributed by atoms with van der Waals surface area (Å²) in [5.41, 5.74) is 8.62. The van der Waals surface area contributed by atoms with E-state index in [-0.39, 0.29) is 5.78 Å². The summed E-state index contributed by atoms with van der Waals surface area (Å²) in [7, 11) is 0. The largest absolute Gasteiger partial charge is 0.493 e. The minimum absolute atomic E-state index is 0.0880. The van der Waals surface area contributed by atoms with Crippen molar-refractivity contribution in [3.05, 3.63) is 65.2 Å². The van der Waals surface area contributed by atoms with E-state index in [9.17, 15) is 4.79 Å². The highest BCUT2D eigenvalue weighted by atomic mass is 16.5. The molecule has 0 aromatic heterocycles. The number of Topliss-reactive ketones (excluding diaryl/α,β-unsaturated/α-hetero) is 1. The summed E-state index contributed by atoms with van der Waals surface area (Å²) >= 11 is 0. The Balaban J connectivity index is 1.95. The molecule has 0 saturated heterocycles. The van der Waals surface area contributed by atoms with Gasteiger partial charge in [-0.1, -0.05) is 42.5 Å². The van der Waals surface area contributed by atoms with Crippen LogP contribution < -0.4 is 10.5 Å². The van der Waals surface area contributed by atoms with Crippen LogP contribution in [0.25, 0.3) is 0 Å². The van der Waals surface area contributed by atoms with Crippen LogP contribution in [0.1, 0.15) is 33.9 Å². The molecule has 3 nitrogen and oxygen atoms in total. The van der Waals surface area contributed by atoms with Crippen molar-refractivity contribution < 1.29 is 9.53 Å². The normalized spacial score (nSPS) is 15.1. The maximum absolute atomic E-state index is 12.6. The van der Waals surface area contributed by atoms with Crippen molar-refractivity contribution in [1.29, 1.82) is 0 Å². The van der Waals surface area contributed by atoms with Crippen molar-refractivity contribution in [2.75, 3.05) is 6.61 Å². The number of hydrogen-bond acceptors (Lipinski definition) is 3. The average molecular weight is 267 g/mol. The Morgan fingerprint density at radius 3 is 2.70 bits per heavy atom. The molecule has 1 aliphatic rings. The maximum Gasteiger partial charge on any atom is 0.187 e. The molecule has 2 N–H and O–H groups in total. The highest BCUT2D eigenvalue weighted by Crippen LogP contribution is 2.31. The lowest BCUT2D eigenvalue weighted by Gasteiger charge is -2.21. The summed E-state index contributed by atoms with van der Waals surface area (Å²) in [6, 6.07) is 14.5. The Hall–Kier alpha value is -2.13. The fraction of sp³-hybridized carbons (Fsp3) is 0.235. The average Bonchev–Trinajstić information content (AvgIpc) is 2.54. The zero-order chi connectivity index (χ0) is 13.9. The minimum Gasteiger partial charge on any atom is -0.493 e. The second-order valence-electron chi connectivity index (χ2n) is 5.00. The van der Waals surface area contributed by atoms with Crippen molar-refractivity contribution in [1.82, 2.24) is 0 Å². The standard InChI is InChI=1S/C17H17NO2/c18-15(12-6-2-1-3-7-12)16(19)14-10-4-8-13-9-5-11-20-17(13)14/h1-4,6-8,10,15H,5,9,11,18H2. The number of ketones is 1. The van der Waals surface area contributed by atoms with Crippen LogP contribution in [0.5, 0.6) is 5.75 Å². The van der Waals surface area contributed by atoms with Crippen molar-refractivity contribution >= 4 is 5.78 Å². The van der Waals surface area contributed by atoms with Crippen molar-refractivity contribution in [2.45, 2.75) is 18.9 Å². The molecule has 102 valence electrons. The lowest BCUT2D eigenvalue weighted by molar-refractivity contribution is 0.0956. The second-order valence-corrected chi connectivity index (χ2v) is 5.00. The maximum atomic E-state index is 12.6. The number of rotatable bonds is 3. The molecule has 2 aromatic carbocycles. The van der Waals surface area contributed by atoms with Crippen LogP contribution in [0.4, 0.5) is 0 Å². The first kappa shape index (κ1) is 12.9. The monoisotopic (exact) mass is 267 g/mol. The molecule has 0 saturated carbocycles. The van der Waals surface area contributed by atoms with E-state index in [4.69, 9.17) is 10.5 Å². The first-order valence-electron chi connectivity index (χ1n) is 6.87. The molecule has 20 heavy (non-hydrogen) atoms. The van der Waals surface area contributed by atoms with E-state index in [1.807, 2.05) is 42.5 Å². The van der Waals surface area contributed by atoms with Crippen molar-refractivity contribution in [2.24, 2.45) is 5.73 Å². The summed E-state index contributed by atoms with van der Waals surface area (Å²) in [6.45, 7) is 0.665. The number of nitrogens with two attached hydrogens (primary N) is 1. The van der Waals surface area contributed by atoms with Gasteiger partial charge in [-0.25, -0.2) is 0 Å². The summed E-state index contributed by atoms with van der Waals surface area (Å²) in [6.07, 6.45) is 1.95. The summed E-state index contributed by atoms with van der Waals surface area (Å²) in [5.74, 6) is 0.630. The predicted molar refractivity (Wildman–Crippen MR) is 78.0 cm³/mol. The van der Waals surface area contributed by atoms with Crippen LogP contribution in [-0.2, 0) is 6.42 Å². The third kappa shape index (κ3) is 2.32. The van der Waals surface area contributed by atoms with E-state index in [1.165, 1.54) is 0 Å². The molecular weight excluding hydrogens is 250 g/mol. The number of carbonyl (C=O) groups excluding carboxylic acids is 1. The number of ether oxygens (including phenoxy) is 1. The van der Waals surface area contributed by atoms with Gasteiger partial charge in [-0.05, 0) is 30.0 Å². The molecule has 1 unspecified atom stereocenters. The van der Waals surface area contributed by atoms with Crippen LogP contribution in [0.3, 0.4) is 0 Å². The van der Waals surface area contributed by atoms with Gasteiger partial charge >= 0.3 is 0 Å². The molecule has 0 radical (unpaired) electrons. The molecule has 0 amide bonds. The number of fused-ring (bicyclic) bond motifs is 1. The van der Waals surface area contributed by atoms with E-state index in [0.29, 0.717) is 12.2 Å².